The maximum absolute atomic E-state index is 14.7. The number of carbonyl (C=O) groups is 2. The molecule has 6 nitrogen and oxygen atoms in total. The summed E-state index contributed by atoms with van der Waals surface area (Å²) in [6, 6.07) is 8.33. The van der Waals surface area contributed by atoms with Gasteiger partial charge in [-0.15, -0.1) is 11.3 Å². The number of carbonyl (C=O) groups excluding carboxylic acids is 2. The van der Waals surface area contributed by atoms with Crippen molar-refractivity contribution < 1.29 is 28.7 Å². The summed E-state index contributed by atoms with van der Waals surface area (Å²) >= 11 is 1.20. The highest BCUT2D eigenvalue weighted by molar-refractivity contribution is 7.12. The van der Waals surface area contributed by atoms with Crippen LogP contribution < -0.4 is 10.0 Å². The van der Waals surface area contributed by atoms with Crippen LogP contribution in [0.4, 0.5) is 4.39 Å². The first-order valence-corrected chi connectivity index (χ1v) is 10.9. The number of thiophene rings is 1. The first-order valence-electron chi connectivity index (χ1n) is 10.0. The number of morpholine rings is 1. The predicted molar refractivity (Wildman–Crippen MR) is 108 cm³/mol. The number of nitrogens with one attached hydrogen (secondary N) is 1. The summed E-state index contributed by atoms with van der Waals surface area (Å²) in [5, 5.41) is 14.6. The van der Waals surface area contributed by atoms with Crippen LogP contribution in [0.1, 0.15) is 27.7 Å². The van der Waals surface area contributed by atoms with Crippen molar-refractivity contribution in [2.75, 3.05) is 39.4 Å². The lowest BCUT2D eigenvalue weighted by molar-refractivity contribution is -0.908. The van der Waals surface area contributed by atoms with Crippen LogP contribution in [-0.4, -0.2) is 56.0 Å². The topological polar surface area (TPSA) is 74.1 Å². The van der Waals surface area contributed by atoms with Gasteiger partial charge in [0, 0.05) is 24.1 Å². The first-order chi connectivity index (χ1) is 14.6. The summed E-state index contributed by atoms with van der Waals surface area (Å²) in [6.07, 6.45) is 0.653. The normalized spacial score (nSPS) is 20.2. The van der Waals surface area contributed by atoms with E-state index in [2.05, 4.69) is 0 Å². The zero-order valence-electron chi connectivity index (χ0n) is 16.4. The smallest absolute Gasteiger partial charge is 0.239 e. The minimum Gasteiger partial charge on any atom is -0.868 e. The van der Waals surface area contributed by atoms with Gasteiger partial charge < -0.3 is 19.6 Å². The molecule has 2 aliphatic heterocycles. The molecule has 3 heterocycles. The second kappa shape index (κ2) is 9.07. The molecular weight excluding hydrogens is 407 g/mol. The van der Waals surface area contributed by atoms with Gasteiger partial charge in [-0.2, -0.15) is 0 Å². The Morgan fingerprint density at radius 2 is 2.00 bits per heavy atom. The molecule has 0 saturated carbocycles. The number of rotatable bonds is 7. The number of halogens is 1. The molecule has 0 radical (unpaired) electrons. The van der Waals surface area contributed by atoms with Crippen molar-refractivity contribution in [1.29, 1.82) is 0 Å². The Kier molecular flexibility index (Phi) is 6.26. The van der Waals surface area contributed by atoms with E-state index in [9.17, 15) is 19.1 Å². The van der Waals surface area contributed by atoms with Gasteiger partial charge in [-0.05, 0) is 23.3 Å². The third-order valence-electron chi connectivity index (χ3n) is 5.60. The van der Waals surface area contributed by atoms with Gasteiger partial charge in [0.1, 0.15) is 18.9 Å². The Bertz CT molecular complexity index is 954. The molecule has 2 aromatic rings. The molecule has 1 aromatic heterocycles. The molecule has 8 heteroatoms. The summed E-state index contributed by atoms with van der Waals surface area (Å²) in [4.78, 5) is 29.0. The van der Waals surface area contributed by atoms with Crippen molar-refractivity contribution in [2.45, 2.75) is 12.5 Å². The second-order valence-corrected chi connectivity index (χ2v) is 8.39. The zero-order valence-corrected chi connectivity index (χ0v) is 17.3. The molecule has 158 valence electrons. The SMILES string of the molecule is O=C(C1=C([O-])C(=O)N(CCC[NH+]2CCOCC2)C1c1ccccc1F)c1cccs1. The van der Waals surface area contributed by atoms with E-state index in [-0.39, 0.29) is 17.7 Å². The first kappa shape index (κ1) is 20.7. The van der Waals surface area contributed by atoms with E-state index in [1.54, 1.807) is 29.6 Å². The number of benzene rings is 1. The van der Waals surface area contributed by atoms with E-state index in [0.717, 1.165) is 19.6 Å². The number of hydrogen-bond donors (Lipinski definition) is 1. The van der Waals surface area contributed by atoms with Crippen LogP contribution >= 0.6 is 11.3 Å². The van der Waals surface area contributed by atoms with Crippen molar-refractivity contribution in [1.82, 2.24) is 4.90 Å². The Morgan fingerprint density at radius 1 is 1.23 bits per heavy atom. The van der Waals surface area contributed by atoms with E-state index >= 15 is 0 Å². The van der Waals surface area contributed by atoms with E-state index in [4.69, 9.17) is 4.74 Å². The largest absolute Gasteiger partial charge is 0.868 e. The van der Waals surface area contributed by atoms with Gasteiger partial charge >= 0.3 is 0 Å². The van der Waals surface area contributed by atoms with Crippen molar-refractivity contribution >= 4 is 23.0 Å². The lowest BCUT2D eigenvalue weighted by atomic mass is 9.95. The van der Waals surface area contributed by atoms with Crippen LogP contribution in [-0.2, 0) is 9.53 Å². The average molecular weight is 431 g/mol. The monoisotopic (exact) mass is 430 g/mol. The molecule has 1 unspecified atom stereocenters. The molecule has 1 N–H and O–H groups in total. The maximum Gasteiger partial charge on any atom is 0.239 e. The van der Waals surface area contributed by atoms with Crippen LogP contribution in [0.2, 0.25) is 0 Å². The van der Waals surface area contributed by atoms with Gasteiger partial charge in [0.05, 0.1) is 30.7 Å². The summed E-state index contributed by atoms with van der Waals surface area (Å²) in [5.74, 6) is -2.61. The van der Waals surface area contributed by atoms with Crippen LogP contribution in [0, 0.1) is 5.82 Å². The molecular formula is C22H23FN2O4S. The molecule has 0 aliphatic carbocycles. The van der Waals surface area contributed by atoms with Gasteiger partial charge in [0.2, 0.25) is 11.7 Å². The van der Waals surface area contributed by atoms with E-state index in [1.165, 1.54) is 33.3 Å². The number of quaternary nitrogens is 1. The number of nitrogens with zero attached hydrogens (tertiary/aromatic N) is 1. The summed E-state index contributed by atoms with van der Waals surface area (Å²) in [6.45, 7) is 4.33. The van der Waals surface area contributed by atoms with Gasteiger partial charge in [-0.3, -0.25) is 9.59 Å². The third-order valence-corrected chi connectivity index (χ3v) is 6.47. The van der Waals surface area contributed by atoms with Crippen LogP contribution in [0.15, 0.2) is 53.1 Å². The fraction of sp³-hybridized carbons (Fsp3) is 0.364. The maximum atomic E-state index is 14.7. The fourth-order valence-electron chi connectivity index (χ4n) is 4.07. The minimum atomic E-state index is -1.000. The summed E-state index contributed by atoms with van der Waals surface area (Å²) in [5.41, 5.74) is 0.0154. The van der Waals surface area contributed by atoms with Crippen molar-refractivity contribution in [3.63, 3.8) is 0 Å². The van der Waals surface area contributed by atoms with Crippen molar-refractivity contribution in [2.24, 2.45) is 0 Å². The Hall–Kier alpha value is -2.55. The average Bonchev–Trinajstić information content (AvgIpc) is 3.38. The highest BCUT2D eigenvalue weighted by Gasteiger charge is 2.40. The third kappa shape index (κ3) is 4.03. The lowest BCUT2D eigenvalue weighted by Gasteiger charge is -2.29. The predicted octanol–water partition coefficient (Wildman–Crippen LogP) is 0.573. The summed E-state index contributed by atoms with van der Waals surface area (Å²) in [7, 11) is 0. The Morgan fingerprint density at radius 3 is 2.70 bits per heavy atom. The quantitative estimate of drug-likeness (QED) is 0.652. The molecule has 0 spiro atoms. The highest BCUT2D eigenvalue weighted by Crippen LogP contribution is 2.39. The van der Waals surface area contributed by atoms with Gasteiger partial charge in [0.25, 0.3) is 0 Å². The van der Waals surface area contributed by atoms with E-state index in [0.29, 0.717) is 24.5 Å². The number of hydrogen-bond acceptors (Lipinski definition) is 5. The Balaban J connectivity index is 1.61. The fourth-order valence-corrected chi connectivity index (χ4v) is 4.75. The van der Waals surface area contributed by atoms with Gasteiger partial charge in [0.15, 0.2) is 0 Å². The van der Waals surface area contributed by atoms with Crippen LogP contribution in [0.5, 0.6) is 0 Å². The second-order valence-electron chi connectivity index (χ2n) is 7.44. The molecule has 1 fully saturated rings. The Labute approximate surface area is 178 Å². The summed E-state index contributed by atoms with van der Waals surface area (Å²) < 4.78 is 20.0. The lowest BCUT2D eigenvalue weighted by Crippen LogP contribution is -3.14. The van der Waals surface area contributed by atoms with Crippen LogP contribution in [0.25, 0.3) is 0 Å². The van der Waals surface area contributed by atoms with E-state index < -0.39 is 29.3 Å². The van der Waals surface area contributed by atoms with Crippen molar-refractivity contribution in [3.05, 3.63) is 69.4 Å². The molecule has 4 rings (SSSR count). The molecule has 1 amide bonds. The van der Waals surface area contributed by atoms with Gasteiger partial charge in [-0.25, -0.2) is 4.39 Å². The minimum absolute atomic E-state index is 0.161. The van der Waals surface area contributed by atoms with E-state index in [1.807, 2.05) is 0 Å². The van der Waals surface area contributed by atoms with Crippen LogP contribution in [0.3, 0.4) is 0 Å². The number of amides is 1. The number of ether oxygens (including phenoxy) is 1. The number of Topliss-reactive ketones (excluding diaryl/α,β-unsaturated/α-hetero) is 1. The zero-order chi connectivity index (χ0) is 21.1. The molecule has 2 aliphatic rings. The molecule has 1 aromatic carbocycles. The molecule has 1 atom stereocenters. The molecule has 1 saturated heterocycles. The number of ketones is 1. The highest BCUT2D eigenvalue weighted by atomic mass is 32.1. The molecule has 30 heavy (non-hydrogen) atoms. The van der Waals surface area contributed by atoms with Gasteiger partial charge in [-0.1, -0.05) is 24.3 Å². The van der Waals surface area contributed by atoms with Crippen molar-refractivity contribution in [3.8, 4) is 0 Å². The standard InChI is InChI=1S/C22H23FN2O4S/c23-16-6-2-1-5-15(16)19-18(20(26)17-7-3-14-30-17)21(27)22(28)25(19)9-4-8-24-10-12-29-13-11-24/h1-3,5-7,14,19,27H,4,8-13H2. The molecule has 0 bridgehead atoms.